The summed E-state index contributed by atoms with van der Waals surface area (Å²) in [4.78, 5) is 0.364. The summed E-state index contributed by atoms with van der Waals surface area (Å²) < 4.78 is 31.4. The maximum atomic E-state index is 12.9. The molecular weight excluding hydrogens is 286 g/mol. The number of imidazole rings is 1. The lowest BCUT2D eigenvalue weighted by Crippen LogP contribution is -2.48. The number of rotatable bonds is 2. The predicted molar refractivity (Wildman–Crippen MR) is 79.0 cm³/mol. The van der Waals surface area contributed by atoms with Crippen LogP contribution in [-0.2, 0) is 30.2 Å². The highest BCUT2D eigenvalue weighted by molar-refractivity contribution is 7.89. The van der Waals surface area contributed by atoms with E-state index < -0.39 is 10.0 Å². The van der Waals surface area contributed by atoms with Gasteiger partial charge in [-0.05, 0) is 26.0 Å². The second-order valence-corrected chi connectivity index (χ2v) is 7.58. The summed E-state index contributed by atoms with van der Waals surface area (Å²) in [5.41, 5.74) is 1.06. The Morgan fingerprint density at radius 2 is 1.90 bits per heavy atom. The van der Waals surface area contributed by atoms with E-state index in [-0.39, 0.29) is 6.04 Å². The highest BCUT2D eigenvalue weighted by Crippen LogP contribution is 2.24. The van der Waals surface area contributed by atoms with Gasteiger partial charge in [-0.15, -0.1) is 0 Å². The molecule has 0 radical (unpaired) electrons. The van der Waals surface area contributed by atoms with Gasteiger partial charge in [-0.25, -0.2) is 17.6 Å². The molecule has 5 nitrogen and oxygen atoms in total. The van der Waals surface area contributed by atoms with Crippen molar-refractivity contribution in [3.63, 3.8) is 0 Å². The topological polar surface area (TPSA) is 46.2 Å². The fourth-order valence-electron chi connectivity index (χ4n) is 2.76. The van der Waals surface area contributed by atoms with E-state index in [1.54, 1.807) is 16.4 Å². The predicted octanol–water partition coefficient (Wildman–Crippen LogP) is 1.21. The van der Waals surface area contributed by atoms with E-state index in [0.29, 0.717) is 18.0 Å². The average molecular weight is 306 g/mol. The van der Waals surface area contributed by atoms with Crippen LogP contribution in [0, 0.1) is 6.92 Å². The number of sulfonamides is 1. The van der Waals surface area contributed by atoms with Gasteiger partial charge in [0.1, 0.15) is 25.5 Å². The van der Waals surface area contributed by atoms with E-state index in [9.17, 15) is 8.42 Å². The molecule has 0 aliphatic carbocycles. The van der Waals surface area contributed by atoms with Gasteiger partial charge in [0.15, 0.2) is 0 Å². The molecule has 0 N–H and O–H groups in total. The van der Waals surface area contributed by atoms with Gasteiger partial charge in [0.25, 0.3) is 5.82 Å². The van der Waals surface area contributed by atoms with Gasteiger partial charge in [-0.2, -0.15) is 4.31 Å². The van der Waals surface area contributed by atoms with Crippen molar-refractivity contribution < 1.29 is 13.0 Å². The molecule has 1 atom stereocenters. The molecule has 0 bridgehead atoms. The van der Waals surface area contributed by atoms with Crippen molar-refractivity contribution in [2.75, 3.05) is 0 Å². The number of aromatic nitrogens is 2. The molecule has 2 aromatic rings. The maximum Gasteiger partial charge on any atom is 0.271 e. The molecule has 0 unspecified atom stereocenters. The van der Waals surface area contributed by atoms with E-state index in [1.165, 1.54) is 0 Å². The second kappa shape index (κ2) is 4.96. The van der Waals surface area contributed by atoms with Gasteiger partial charge in [0.05, 0.1) is 18.0 Å². The number of nitrogens with zero attached hydrogens (tertiary/aromatic N) is 3. The molecular formula is C15H20N3O2S+. The SMILES string of the molecule is Cc1ccc(S(=O)(=O)N2Cc3n(cc[n+]3C)C[C@H]2C)cc1. The van der Waals surface area contributed by atoms with Gasteiger partial charge >= 0.3 is 0 Å². The molecule has 0 saturated carbocycles. The molecule has 1 aliphatic heterocycles. The Morgan fingerprint density at radius 1 is 1.24 bits per heavy atom. The van der Waals surface area contributed by atoms with E-state index in [0.717, 1.165) is 11.4 Å². The van der Waals surface area contributed by atoms with Crippen LogP contribution in [0.25, 0.3) is 0 Å². The molecule has 6 heteroatoms. The third-order valence-electron chi connectivity index (χ3n) is 4.09. The van der Waals surface area contributed by atoms with Gasteiger partial charge in [-0.3, -0.25) is 0 Å². The van der Waals surface area contributed by atoms with Crippen molar-refractivity contribution in [1.82, 2.24) is 8.87 Å². The summed E-state index contributed by atoms with van der Waals surface area (Å²) in [5, 5.41) is 0. The summed E-state index contributed by atoms with van der Waals surface area (Å²) in [6, 6.07) is 6.99. The van der Waals surface area contributed by atoms with Gasteiger partial charge in [0.2, 0.25) is 10.0 Å². The zero-order valence-corrected chi connectivity index (χ0v) is 13.3. The number of hydrogen-bond acceptors (Lipinski definition) is 2. The summed E-state index contributed by atoms with van der Waals surface area (Å²) in [5.74, 6) is 1.00. The maximum absolute atomic E-state index is 12.9. The van der Waals surface area contributed by atoms with E-state index in [2.05, 4.69) is 4.57 Å². The average Bonchev–Trinajstić information content (AvgIpc) is 2.79. The van der Waals surface area contributed by atoms with Crippen molar-refractivity contribution in [2.24, 2.45) is 7.05 Å². The minimum absolute atomic E-state index is 0.0591. The lowest BCUT2D eigenvalue weighted by molar-refractivity contribution is -0.680. The Bertz CT molecular complexity index is 763. The van der Waals surface area contributed by atoms with Gasteiger partial charge in [-0.1, -0.05) is 17.7 Å². The van der Waals surface area contributed by atoms with Crippen LogP contribution in [-0.4, -0.2) is 23.3 Å². The molecule has 1 aliphatic rings. The molecule has 2 heterocycles. The third-order valence-corrected chi connectivity index (χ3v) is 6.06. The van der Waals surface area contributed by atoms with Crippen molar-refractivity contribution >= 4 is 10.0 Å². The van der Waals surface area contributed by atoms with Gasteiger partial charge in [0, 0.05) is 0 Å². The highest BCUT2D eigenvalue weighted by atomic mass is 32.2. The number of hydrogen-bond donors (Lipinski definition) is 0. The highest BCUT2D eigenvalue weighted by Gasteiger charge is 2.37. The molecule has 0 amide bonds. The van der Waals surface area contributed by atoms with Crippen LogP contribution in [0.4, 0.5) is 0 Å². The third kappa shape index (κ3) is 2.38. The Hall–Kier alpha value is -1.66. The molecule has 3 rings (SSSR count). The van der Waals surface area contributed by atoms with Crippen molar-refractivity contribution in [2.45, 2.75) is 37.9 Å². The fraction of sp³-hybridized carbons (Fsp3) is 0.400. The molecule has 112 valence electrons. The summed E-state index contributed by atoms with van der Waals surface area (Å²) in [6.07, 6.45) is 3.96. The van der Waals surface area contributed by atoms with Crippen molar-refractivity contribution in [3.05, 3.63) is 48.0 Å². The van der Waals surface area contributed by atoms with Crippen LogP contribution >= 0.6 is 0 Å². The van der Waals surface area contributed by atoms with Crippen LogP contribution in [0.5, 0.6) is 0 Å². The smallest absolute Gasteiger partial charge is 0.236 e. The first-order chi connectivity index (χ1) is 9.89. The Balaban J connectivity index is 2.00. The molecule has 0 fully saturated rings. The van der Waals surface area contributed by atoms with Crippen LogP contribution in [0.1, 0.15) is 18.3 Å². The minimum atomic E-state index is -3.46. The van der Waals surface area contributed by atoms with E-state index in [1.807, 2.05) is 50.0 Å². The number of aryl methyl sites for hydroxylation is 2. The first-order valence-corrected chi connectivity index (χ1v) is 8.46. The van der Waals surface area contributed by atoms with Crippen molar-refractivity contribution in [1.29, 1.82) is 0 Å². The molecule has 0 spiro atoms. The number of fused-ring (bicyclic) bond motifs is 1. The van der Waals surface area contributed by atoms with Crippen LogP contribution in [0.15, 0.2) is 41.6 Å². The minimum Gasteiger partial charge on any atom is -0.236 e. The number of benzene rings is 1. The Labute approximate surface area is 125 Å². The fourth-order valence-corrected chi connectivity index (χ4v) is 4.34. The zero-order chi connectivity index (χ0) is 15.2. The molecule has 21 heavy (non-hydrogen) atoms. The van der Waals surface area contributed by atoms with Crippen LogP contribution < -0.4 is 4.57 Å². The van der Waals surface area contributed by atoms with E-state index >= 15 is 0 Å². The summed E-state index contributed by atoms with van der Waals surface area (Å²) in [6.45, 7) is 4.99. The largest absolute Gasteiger partial charge is 0.271 e. The quantitative estimate of drug-likeness (QED) is 0.783. The van der Waals surface area contributed by atoms with Crippen LogP contribution in [0.2, 0.25) is 0 Å². The Morgan fingerprint density at radius 3 is 2.57 bits per heavy atom. The Kier molecular flexibility index (Phi) is 3.37. The molecule has 0 saturated heterocycles. The normalized spacial score (nSPS) is 19.5. The molecule has 1 aromatic carbocycles. The first kappa shape index (κ1) is 14.3. The summed E-state index contributed by atoms with van der Waals surface area (Å²) >= 11 is 0. The first-order valence-electron chi connectivity index (χ1n) is 7.02. The summed E-state index contributed by atoms with van der Waals surface area (Å²) in [7, 11) is -1.52. The zero-order valence-electron chi connectivity index (χ0n) is 12.5. The monoisotopic (exact) mass is 306 g/mol. The van der Waals surface area contributed by atoms with Crippen molar-refractivity contribution in [3.8, 4) is 0 Å². The van der Waals surface area contributed by atoms with Crippen LogP contribution in [0.3, 0.4) is 0 Å². The lowest BCUT2D eigenvalue weighted by atomic mass is 10.2. The van der Waals surface area contributed by atoms with E-state index in [4.69, 9.17) is 0 Å². The lowest BCUT2D eigenvalue weighted by Gasteiger charge is -2.30. The van der Waals surface area contributed by atoms with Gasteiger partial charge < -0.3 is 0 Å². The standard InChI is InChI=1S/C15H20N3O2S/c1-12-4-6-14(7-5-12)21(19,20)18-11-15-16(3)8-9-17(15)10-13(18)2/h4-9,13H,10-11H2,1-3H3/q+1/t13-/m1/s1. The second-order valence-electron chi connectivity index (χ2n) is 5.69. The molecule has 1 aromatic heterocycles.